The van der Waals surface area contributed by atoms with Crippen LogP contribution in [0.4, 0.5) is 0 Å². The summed E-state index contributed by atoms with van der Waals surface area (Å²) in [5.41, 5.74) is 16.7. The lowest BCUT2D eigenvalue weighted by molar-refractivity contribution is 1.18. The summed E-state index contributed by atoms with van der Waals surface area (Å²) in [6.07, 6.45) is 0. The maximum absolute atomic E-state index is 2.42. The minimum atomic E-state index is 1.14. The van der Waals surface area contributed by atoms with Gasteiger partial charge in [0.25, 0.3) is 0 Å². The first-order valence-corrected chi connectivity index (χ1v) is 19.3. The van der Waals surface area contributed by atoms with Gasteiger partial charge in [-0.3, -0.25) is 0 Å². The fourth-order valence-electron chi connectivity index (χ4n) is 8.63. The number of rotatable bonds is 6. The summed E-state index contributed by atoms with van der Waals surface area (Å²) in [7, 11) is 0. The van der Waals surface area contributed by atoms with Gasteiger partial charge in [0.15, 0.2) is 0 Å². The fourth-order valence-corrected chi connectivity index (χ4v) is 8.63. The average Bonchev–Trinajstić information content (AvgIpc) is 3.79. The lowest BCUT2D eigenvalue weighted by Crippen LogP contribution is -1.95. The Bertz CT molecular complexity index is 3150. The van der Waals surface area contributed by atoms with Crippen molar-refractivity contribution in [1.82, 2.24) is 9.13 Å². The third-order valence-electron chi connectivity index (χ3n) is 11.3. The molecular weight excluding hydrogens is 677 g/mol. The Morgan fingerprint density at radius 3 is 1.00 bits per heavy atom. The van der Waals surface area contributed by atoms with Crippen molar-refractivity contribution in [3.8, 4) is 55.9 Å². The van der Waals surface area contributed by atoms with Crippen molar-refractivity contribution < 1.29 is 0 Å². The number of nitrogens with zero attached hydrogens (tertiary/aromatic N) is 2. The predicted octanol–water partition coefficient (Wildman–Crippen LogP) is 14.5. The van der Waals surface area contributed by atoms with Crippen molar-refractivity contribution in [2.75, 3.05) is 0 Å². The first kappa shape index (κ1) is 32.0. The third-order valence-corrected chi connectivity index (χ3v) is 11.3. The first-order valence-electron chi connectivity index (χ1n) is 19.3. The van der Waals surface area contributed by atoms with Gasteiger partial charge in [-0.15, -0.1) is 0 Å². The number of fused-ring (bicyclic) bond motifs is 6. The molecule has 56 heavy (non-hydrogen) atoms. The van der Waals surface area contributed by atoms with E-state index in [0.717, 1.165) is 11.4 Å². The minimum absolute atomic E-state index is 1.14. The molecule has 0 bridgehead atoms. The van der Waals surface area contributed by atoms with Crippen LogP contribution in [0.1, 0.15) is 0 Å². The Balaban J connectivity index is 1.04. The molecule has 9 aromatic carbocycles. The van der Waals surface area contributed by atoms with Gasteiger partial charge < -0.3 is 9.13 Å². The number of aromatic nitrogens is 2. The van der Waals surface area contributed by atoms with Gasteiger partial charge in [0, 0.05) is 32.9 Å². The lowest BCUT2D eigenvalue weighted by atomic mass is 9.93. The van der Waals surface area contributed by atoms with Crippen molar-refractivity contribution in [3.05, 3.63) is 218 Å². The van der Waals surface area contributed by atoms with Crippen LogP contribution in [-0.4, -0.2) is 9.13 Å². The quantitative estimate of drug-likeness (QED) is 0.162. The van der Waals surface area contributed by atoms with Crippen LogP contribution in [-0.2, 0) is 0 Å². The maximum atomic E-state index is 2.42. The smallest absolute Gasteiger partial charge is 0.0547 e. The normalized spacial score (nSPS) is 11.6. The van der Waals surface area contributed by atoms with Gasteiger partial charge in [-0.1, -0.05) is 152 Å². The summed E-state index contributed by atoms with van der Waals surface area (Å²) >= 11 is 0. The molecule has 0 fully saturated rings. The van der Waals surface area contributed by atoms with Crippen molar-refractivity contribution in [1.29, 1.82) is 0 Å². The van der Waals surface area contributed by atoms with Crippen LogP contribution in [0.2, 0.25) is 0 Å². The van der Waals surface area contributed by atoms with E-state index in [9.17, 15) is 0 Å². The Labute approximate surface area is 325 Å². The van der Waals surface area contributed by atoms with E-state index in [1.807, 2.05) is 0 Å². The minimum Gasteiger partial charge on any atom is -0.309 e. The van der Waals surface area contributed by atoms with Gasteiger partial charge >= 0.3 is 0 Å². The Morgan fingerprint density at radius 1 is 0.196 bits per heavy atom. The third kappa shape index (κ3) is 5.34. The molecule has 0 aliphatic carbocycles. The molecule has 0 unspecified atom stereocenters. The van der Waals surface area contributed by atoms with E-state index in [4.69, 9.17) is 0 Å². The predicted molar refractivity (Wildman–Crippen MR) is 237 cm³/mol. The molecule has 0 amide bonds. The summed E-state index contributed by atoms with van der Waals surface area (Å²) in [5.74, 6) is 0. The van der Waals surface area contributed by atoms with Gasteiger partial charge in [0.1, 0.15) is 0 Å². The monoisotopic (exact) mass is 712 g/mol. The molecule has 2 heteroatoms. The van der Waals surface area contributed by atoms with Crippen molar-refractivity contribution in [3.63, 3.8) is 0 Å². The Hall–Kier alpha value is -7.42. The van der Waals surface area contributed by atoms with Crippen LogP contribution >= 0.6 is 0 Å². The fraction of sp³-hybridized carbons (Fsp3) is 0. The molecule has 0 aliphatic heterocycles. The molecular formula is C54H36N2. The molecule has 0 saturated heterocycles. The molecule has 2 heterocycles. The molecule has 2 aromatic heterocycles. The van der Waals surface area contributed by atoms with Crippen molar-refractivity contribution in [2.45, 2.75) is 0 Å². The highest BCUT2D eigenvalue weighted by Gasteiger charge is 2.16. The molecule has 0 radical (unpaired) electrons. The van der Waals surface area contributed by atoms with E-state index < -0.39 is 0 Å². The highest BCUT2D eigenvalue weighted by atomic mass is 15.0. The Kier molecular flexibility index (Phi) is 7.53. The molecule has 0 atom stereocenters. The SMILES string of the molecule is c1ccc(-c2cc(-c3ccccc3)cc(-c3ccc(-n4c5ccccc5c5ccc(-c6ccc7c8ccccc8n(-c8ccccc8)c7c6)cc54)cc3)c2)cc1. The largest absolute Gasteiger partial charge is 0.309 e. The van der Waals surface area contributed by atoms with Gasteiger partial charge in [-0.25, -0.2) is 0 Å². The van der Waals surface area contributed by atoms with Crippen LogP contribution in [0.3, 0.4) is 0 Å². The van der Waals surface area contributed by atoms with E-state index in [-0.39, 0.29) is 0 Å². The van der Waals surface area contributed by atoms with Crippen molar-refractivity contribution in [2.24, 2.45) is 0 Å². The van der Waals surface area contributed by atoms with E-state index in [1.165, 1.54) is 88.1 Å². The van der Waals surface area contributed by atoms with Gasteiger partial charge in [0.05, 0.1) is 22.1 Å². The maximum Gasteiger partial charge on any atom is 0.0547 e. The molecule has 2 nitrogen and oxygen atoms in total. The average molecular weight is 713 g/mol. The molecule has 11 rings (SSSR count). The zero-order chi connectivity index (χ0) is 37.0. The van der Waals surface area contributed by atoms with E-state index in [2.05, 4.69) is 228 Å². The molecule has 0 aliphatic rings. The van der Waals surface area contributed by atoms with Crippen LogP contribution in [0.5, 0.6) is 0 Å². The summed E-state index contributed by atoms with van der Waals surface area (Å²) in [5, 5.41) is 5.02. The zero-order valence-corrected chi connectivity index (χ0v) is 30.7. The molecule has 11 aromatic rings. The van der Waals surface area contributed by atoms with Gasteiger partial charge in [-0.2, -0.15) is 0 Å². The lowest BCUT2D eigenvalue weighted by Gasteiger charge is -2.13. The molecule has 0 N–H and O–H groups in total. The number of hydrogen-bond donors (Lipinski definition) is 0. The number of hydrogen-bond acceptors (Lipinski definition) is 0. The van der Waals surface area contributed by atoms with Gasteiger partial charge in [0.2, 0.25) is 0 Å². The van der Waals surface area contributed by atoms with Crippen LogP contribution in [0.25, 0.3) is 99.5 Å². The Morgan fingerprint density at radius 2 is 0.536 bits per heavy atom. The number of benzene rings is 9. The summed E-state index contributed by atoms with van der Waals surface area (Å²) < 4.78 is 4.82. The number of para-hydroxylation sites is 3. The van der Waals surface area contributed by atoms with Gasteiger partial charge in [-0.05, 0) is 111 Å². The highest BCUT2D eigenvalue weighted by molar-refractivity contribution is 6.12. The molecule has 0 spiro atoms. The second-order valence-corrected chi connectivity index (χ2v) is 14.6. The molecule has 262 valence electrons. The summed E-state index contributed by atoms with van der Waals surface area (Å²) in [6.45, 7) is 0. The van der Waals surface area contributed by atoms with E-state index in [0.29, 0.717) is 0 Å². The highest BCUT2D eigenvalue weighted by Crippen LogP contribution is 2.39. The topological polar surface area (TPSA) is 9.86 Å². The first-order chi connectivity index (χ1) is 27.8. The van der Waals surface area contributed by atoms with Crippen LogP contribution in [0.15, 0.2) is 218 Å². The second-order valence-electron chi connectivity index (χ2n) is 14.6. The van der Waals surface area contributed by atoms with E-state index >= 15 is 0 Å². The summed E-state index contributed by atoms with van der Waals surface area (Å²) in [4.78, 5) is 0. The standard InChI is InChI=1S/C54H36N2/c1-4-14-37(15-5-1)42-32-43(38-16-6-2-7-17-38)34-44(33-42)39-24-28-46(29-25-39)56-52-23-13-11-21-48(52)50-31-27-41(36-54(50)56)40-26-30-49-47-20-10-12-22-51(47)55(53(49)35-40)45-18-8-3-9-19-45/h1-36H. The second kappa shape index (κ2) is 13.2. The van der Waals surface area contributed by atoms with E-state index in [1.54, 1.807) is 0 Å². The van der Waals surface area contributed by atoms with Crippen molar-refractivity contribution >= 4 is 43.6 Å². The summed E-state index contributed by atoms with van der Waals surface area (Å²) in [6, 6.07) is 79.4. The van der Waals surface area contributed by atoms with Crippen LogP contribution in [0, 0.1) is 0 Å². The molecule has 0 saturated carbocycles. The van der Waals surface area contributed by atoms with Crippen LogP contribution < -0.4 is 0 Å². The zero-order valence-electron chi connectivity index (χ0n) is 30.7.